The maximum atomic E-state index is 12.9. The van der Waals surface area contributed by atoms with Gasteiger partial charge in [-0.05, 0) is 12.5 Å². The van der Waals surface area contributed by atoms with Crippen molar-refractivity contribution in [2.24, 2.45) is 0 Å². The monoisotopic (exact) mass is 330 g/mol. The fraction of sp³-hybridized carbons (Fsp3) is 0.412. The molecular weight excluding hydrogens is 308 g/mol. The van der Waals surface area contributed by atoms with Crippen LogP contribution in [0.3, 0.4) is 0 Å². The number of nitrogens with zero attached hydrogens (tertiary/aromatic N) is 3. The molecular formula is C17H22N4OS. The van der Waals surface area contributed by atoms with Gasteiger partial charge < -0.3 is 5.32 Å². The Balaban J connectivity index is 1.80. The Labute approximate surface area is 141 Å². The Bertz CT molecular complexity index is 637. The van der Waals surface area contributed by atoms with E-state index in [1.807, 2.05) is 59.9 Å². The molecule has 0 bridgehead atoms. The van der Waals surface area contributed by atoms with E-state index in [9.17, 15) is 4.79 Å². The number of amides is 1. The summed E-state index contributed by atoms with van der Waals surface area (Å²) in [7, 11) is 0. The molecule has 1 aliphatic rings. The Kier molecular flexibility index (Phi) is 5.35. The average Bonchev–Trinajstić information content (AvgIpc) is 3.04. The first-order valence-electron chi connectivity index (χ1n) is 7.98. The molecule has 6 heteroatoms. The van der Waals surface area contributed by atoms with Gasteiger partial charge in [0, 0.05) is 37.3 Å². The summed E-state index contributed by atoms with van der Waals surface area (Å²) in [6.07, 6.45) is 3.57. The zero-order chi connectivity index (χ0) is 16.1. The summed E-state index contributed by atoms with van der Waals surface area (Å²) < 4.78 is 1.81. The highest BCUT2D eigenvalue weighted by Gasteiger charge is 2.29. The van der Waals surface area contributed by atoms with Crippen LogP contribution in [-0.4, -0.2) is 45.2 Å². The smallest absolute Gasteiger partial charge is 0.246 e. The number of benzene rings is 1. The quantitative estimate of drug-likeness (QED) is 0.916. The van der Waals surface area contributed by atoms with E-state index in [0.717, 1.165) is 42.4 Å². The predicted molar refractivity (Wildman–Crippen MR) is 94.6 cm³/mol. The van der Waals surface area contributed by atoms with Crippen LogP contribution in [0.4, 0.5) is 5.69 Å². The third kappa shape index (κ3) is 3.95. The van der Waals surface area contributed by atoms with Crippen molar-refractivity contribution >= 4 is 23.4 Å². The second-order valence-electron chi connectivity index (χ2n) is 5.54. The van der Waals surface area contributed by atoms with Gasteiger partial charge in [0.1, 0.15) is 6.04 Å². The van der Waals surface area contributed by atoms with Crippen LogP contribution in [-0.2, 0) is 11.3 Å². The molecule has 2 aromatic rings. The Morgan fingerprint density at radius 2 is 2.04 bits per heavy atom. The van der Waals surface area contributed by atoms with Gasteiger partial charge >= 0.3 is 0 Å². The molecule has 0 aliphatic carbocycles. The van der Waals surface area contributed by atoms with Crippen LogP contribution in [0.2, 0.25) is 0 Å². The van der Waals surface area contributed by atoms with Crippen LogP contribution in [0.1, 0.15) is 18.5 Å². The van der Waals surface area contributed by atoms with Gasteiger partial charge in [0.25, 0.3) is 0 Å². The maximum absolute atomic E-state index is 12.9. The lowest BCUT2D eigenvalue weighted by atomic mass is 10.0. The number of anilines is 1. The van der Waals surface area contributed by atoms with Crippen LogP contribution < -0.4 is 5.32 Å². The van der Waals surface area contributed by atoms with Crippen molar-refractivity contribution in [1.82, 2.24) is 14.7 Å². The molecule has 1 aliphatic heterocycles. The number of nitrogens with one attached hydrogen (secondary N) is 1. The summed E-state index contributed by atoms with van der Waals surface area (Å²) in [6.45, 7) is 4.69. The van der Waals surface area contributed by atoms with E-state index in [2.05, 4.69) is 15.3 Å². The summed E-state index contributed by atoms with van der Waals surface area (Å²) in [5.41, 5.74) is 1.80. The molecule has 1 aromatic carbocycles. The molecule has 0 saturated carbocycles. The molecule has 3 rings (SSSR count). The van der Waals surface area contributed by atoms with Crippen LogP contribution in [0, 0.1) is 0 Å². The van der Waals surface area contributed by atoms with Crippen molar-refractivity contribution in [1.29, 1.82) is 0 Å². The zero-order valence-electron chi connectivity index (χ0n) is 13.3. The standard InChI is InChI=1S/C17H22N4OS/c1-2-21-13-15(12-18-21)19-17(22)16(14-6-4-3-5-7-14)20-8-10-23-11-9-20/h3-7,12-13,16H,2,8-11H2,1H3,(H,19,22)/t16-/m1/s1. The van der Waals surface area contributed by atoms with Gasteiger partial charge in [-0.15, -0.1) is 0 Å². The molecule has 0 unspecified atom stereocenters. The zero-order valence-corrected chi connectivity index (χ0v) is 14.1. The Hall–Kier alpha value is -1.79. The van der Waals surface area contributed by atoms with Gasteiger partial charge in [-0.25, -0.2) is 0 Å². The lowest BCUT2D eigenvalue weighted by molar-refractivity contribution is -0.121. The highest BCUT2D eigenvalue weighted by molar-refractivity contribution is 7.99. The van der Waals surface area contributed by atoms with Crippen molar-refractivity contribution in [3.8, 4) is 0 Å². The van der Waals surface area contributed by atoms with Gasteiger partial charge in [0.05, 0.1) is 11.9 Å². The van der Waals surface area contributed by atoms with Crippen molar-refractivity contribution < 1.29 is 4.79 Å². The minimum Gasteiger partial charge on any atom is -0.322 e. The van der Waals surface area contributed by atoms with Crippen molar-refractivity contribution in [3.05, 3.63) is 48.3 Å². The van der Waals surface area contributed by atoms with Crippen LogP contribution in [0.15, 0.2) is 42.7 Å². The molecule has 1 atom stereocenters. The van der Waals surface area contributed by atoms with Gasteiger partial charge in [-0.1, -0.05) is 30.3 Å². The normalized spacial score (nSPS) is 16.9. The van der Waals surface area contributed by atoms with Gasteiger partial charge in [0.2, 0.25) is 5.91 Å². The molecule has 23 heavy (non-hydrogen) atoms. The number of carbonyl (C=O) groups excluding carboxylic acids is 1. The first kappa shape index (κ1) is 16.1. The Morgan fingerprint density at radius 1 is 1.30 bits per heavy atom. The lowest BCUT2D eigenvalue weighted by Gasteiger charge is -2.33. The summed E-state index contributed by atoms with van der Waals surface area (Å²) in [4.78, 5) is 15.2. The van der Waals surface area contributed by atoms with Crippen LogP contribution >= 0.6 is 11.8 Å². The number of aromatic nitrogens is 2. The molecule has 1 N–H and O–H groups in total. The van der Waals surface area contributed by atoms with Crippen molar-refractivity contribution in [2.75, 3.05) is 29.9 Å². The van der Waals surface area contributed by atoms with Crippen molar-refractivity contribution in [3.63, 3.8) is 0 Å². The molecule has 2 heterocycles. The number of aryl methyl sites for hydroxylation is 1. The number of carbonyl (C=O) groups is 1. The molecule has 1 amide bonds. The number of hydrogen-bond donors (Lipinski definition) is 1. The number of rotatable bonds is 5. The van der Waals surface area contributed by atoms with Crippen LogP contribution in [0.5, 0.6) is 0 Å². The summed E-state index contributed by atoms with van der Waals surface area (Å²) in [6, 6.07) is 9.77. The first-order chi connectivity index (χ1) is 11.3. The summed E-state index contributed by atoms with van der Waals surface area (Å²) in [5, 5.41) is 7.24. The highest BCUT2D eigenvalue weighted by atomic mass is 32.2. The molecule has 1 aromatic heterocycles. The fourth-order valence-corrected chi connectivity index (χ4v) is 3.74. The van der Waals surface area contributed by atoms with Crippen LogP contribution in [0.25, 0.3) is 0 Å². The van der Waals surface area contributed by atoms with E-state index in [0.29, 0.717) is 0 Å². The Morgan fingerprint density at radius 3 is 2.70 bits per heavy atom. The predicted octanol–water partition coefficient (Wildman–Crippen LogP) is 2.63. The fourth-order valence-electron chi connectivity index (χ4n) is 2.81. The van der Waals surface area contributed by atoms with Gasteiger partial charge in [-0.3, -0.25) is 14.4 Å². The highest BCUT2D eigenvalue weighted by Crippen LogP contribution is 2.25. The lowest BCUT2D eigenvalue weighted by Crippen LogP contribution is -2.41. The van der Waals surface area contributed by atoms with E-state index < -0.39 is 0 Å². The van der Waals surface area contributed by atoms with E-state index in [1.165, 1.54) is 0 Å². The average molecular weight is 330 g/mol. The molecule has 1 fully saturated rings. The largest absolute Gasteiger partial charge is 0.322 e. The van der Waals surface area contributed by atoms with Gasteiger partial charge in [0.15, 0.2) is 0 Å². The second kappa shape index (κ2) is 7.66. The van der Waals surface area contributed by atoms with E-state index in [-0.39, 0.29) is 11.9 Å². The van der Waals surface area contributed by atoms with E-state index >= 15 is 0 Å². The molecule has 0 spiro atoms. The van der Waals surface area contributed by atoms with E-state index in [4.69, 9.17) is 0 Å². The summed E-state index contributed by atoms with van der Waals surface area (Å²) in [5.74, 6) is 2.16. The third-order valence-corrected chi connectivity index (χ3v) is 4.94. The SMILES string of the molecule is CCn1cc(NC(=O)[C@@H](c2ccccc2)N2CCSCC2)cn1. The van der Waals surface area contributed by atoms with Gasteiger partial charge in [-0.2, -0.15) is 16.9 Å². The maximum Gasteiger partial charge on any atom is 0.246 e. The minimum absolute atomic E-state index is 0.0127. The number of thioether (sulfide) groups is 1. The number of hydrogen-bond acceptors (Lipinski definition) is 4. The minimum atomic E-state index is -0.248. The van der Waals surface area contributed by atoms with E-state index in [1.54, 1.807) is 6.20 Å². The topological polar surface area (TPSA) is 50.2 Å². The molecule has 0 radical (unpaired) electrons. The van der Waals surface area contributed by atoms with Crippen molar-refractivity contribution in [2.45, 2.75) is 19.5 Å². The molecule has 5 nitrogen and oxygen atoms in total. The first-order valence-corrected chi connectivity index (χ1v) is 9.13. The summed E-state index contributed by atoms with van der Waals surface area (Å²) >= 11 is 1.95. The second-order valence-corrected chi connectivity index (χ2v) is 6.76. The molecule has 1 saturated heterocycles. The third-order valence-electron chi connectivity index (χ3n) is 4.00. The molecule has 122 valence electrons.